The van der Waals surface area contributed by atoms with Gasteiger partial charge in [0.1, 0.15) is 6.54 Å². The lowest BCUT2D eigenvalue weighted by atomic mass is 10.2. The van der Waals surface area contributed by atoms with Crippen molar-refractivity contribution in [2.45, 2.75) is 35.5 Å². The van der Waals surface area contributed by atoms with Crippen molar-refractivity contribution >= 4 is 60.5 Å². The number of amides is 1. The molecule has 1 saturated heterocycles. The highest BCUT2D eigenvalue weighted by molar-refractivity contribution is 7.92. The minimum absolute atomic E-state index is 0.00180. The lowest BCUT2D eigenvalue weighted by molar-refractivity contribution is -0.114. The number of benzene rings is 3. The summed E-state index contributed by atoms with van der Waals surface area (Å²) in [6, 6.07) is 17.9. The van der Waals surface area contributed by atoms with Gasteiger partial charge in [-0.05, 0) is 67.4 Å². The monoisotopic (exact) mass is 595 g/mol. The van der Waals surface area contributed by atoms with Gasteiger partial charge in [-0.25, -0.2) is 16.8 Å². The standard InChI is InChI=1S/C26H27Cl2N3O5S2/c27-24-15-12-21(18-25(24)28)31(38(35,36)22-8-4-3-5-9-22)19-26(32)29-20-10-13-23(14-11-20)37(33,34)30-16-6-1-2-7-17-30/h3-5,8-15,18H,1-2,6-7,16-17,19H2,(H,29,32). The Morgan fingerprint density at radius 2 is 1.42 bits per heavy atom. The van der Waals surface area contributed by atoms with Crippen LogP contribution in [0.5, 0.6) is 0 Å². The molecule has 202 valence electrons. The van der Waals surface area contributed by atoms with Gasteiger partial charge in [-0.15, -0.1) is 0 Å². The van der Waals surface area contributed by atoms with E-state index < -0.39 is 32.5 Å². The molecule has 8 nitrogen and oxygen atoms in total. The SMILES string of the molecule is O=C(CN(c1ccc(Cl)c(Cl)c1)S(=O)(=O)c1ccccc1)Nc1ccc(S(=O)(=O)N2CCCCCC2)cc1. The maximum Gasteiger partial charge on any atom is 0.264 e. The number of hydrogen-bond donors (Lipinski definition) is 1. The van der Waals surface area contributed by atoms with Crippen LogP contribution in [0.15, 0.2) is 82.6 Å². The molecule has 0 aromatic heterocycles. The molecule has 1 N–H and O–H groups in total. The quantitative estimate of drug-likeness (QED) is 0.376. The third kappa shape index (κ3) is 6.50. The van der Waals surface area contributed by atoms with E-state index in [1.807, 2.05) is 0 Å². The Morgan fingerprint density at radius 3 is 2.03 bits per heavy atom. The van der Waals surface area contributed by atoms with Crippen LogP contribution < -0.4 is 9.62 Å². The summed E-state index contributed by atoms with van der Waals surface area (Å²) in [6.45, 7) is 0.422. The van der Waals surface area contributed by atoms with E-state index in [-0.39, 0.29) is 25.5 Å². The smallest absolute Gasteiger partial charge is 0.264 e. The van der Waals surface area contributed by atoms with E-state index in [2.05, 4.69) is 5.32 Å². The van der Waals surface area contributed by atoms with E-state index >= 15 is 0 Å². The van der Waals surface area contributed by atoms with E-state index in [9.17, 15) is 21.6 Å². The van der Waals surface area contributed by atoms with Crippen LogP contribution in [0, 0.1) is 0 Å². The molecule has 0 atom stereocenters. The average Bonchev–Trinajstić information content (AvgIpc) is 3.20. The van der Waals surface area contributed by atoms with E-state index in [0.29, 0.717) is 18.8 Å². The normalized spacial score (nSPS) is 15.0. The number of carbonyl (C=O) groups is 1. The molecule has 3 aromatic rings. The molecular weight excluding hydrogens is 569 g/mol. The zero-order chi connectivity index (χ0) is 27.3. The Kier molecular flexibility index (Phi) is 9.00. The lowest BCUT2D eigenvalue weighted by Gasteiger charge is -2.24. The van der Waals surface area contributed by atoms with Gasteiger partial charge in [-0.2, -0.15) is 4.31 Å². The molecule has 1 amide bonds. The van der Waals surface area contributed by atoms with Gasteiger partial charge in [0.15, 0.2) is 0 Å². The molecule has 0 spiro atoms. The Morgan fingerprint density at radius 1 is 0.789 bits per heavy atom. The summed E-state index contributed by atoms with van der Waals surface area (Å²) < 4.78 is 55.4. The Balaban J connectivity index is 1.54. The van der Waals surface area contributed by atoms with Gasteiger partial charge in [0.05, 0.1) is 25.5 Å². The second-order valence-corrected chi connectivity index (χ2v) is 13.4. The fourth-order valence-electron chi connectivity index (χ4n) is 4.15. The molecule has 1 aliphatic heterocycles. The van der Waals surface area contributed by atoms with Crippen molar-refractivity contribution in [3.63, 3.8) is 0 Å². The van der Waals surface area contributed by atoms with E-state index in [1.54, 1.807) is 18.2 Å². The van der Waals surface area contributed by atoms with Gasteiger partial charge in [0.2, 0.25) is 15.9 Å². The first-order valence-corrected chi connectivity index (χ1v) is 15.7. The lowest BCUT2D eigenvalue weighted by Crippen LogP contribution is -2.38. The summed E-state index contributed by atoms with van der Waals surface area (Å²) >= 11 is 12.1. The molecule has 1 heterocycles. The van der Waals surface area contributed by atoms with Crippen LogP contribution in [-0.4, -0.2) is 46.7 Å². The number of hydrogen-bond acceptors (Lipinski definition) is 5. The summed E-state index contributed by atoms with van der Waals surface area (Å²) in [5.41, 5.74) is 0.494. The molecule has 1 fully saturated rings. The Hall–Kier alpha value is -2.63. The van der Waals surface area contributed by atoms with E-state index in [0.717, 1.165) is 30.0 Å². The van der Waals surface area contributed by atoms with Gasteiger partial charge in [-0.1, -0.05) is 54.2 Å². The fourth-order valence-corrected chi connectivity index (χ4v) is 7.39. The van der Waals surface area contributed by atoms with Crippen LogP contribution in [-0.2, 0) is 24.8 Å². The zero-order valence-electron chi connectivity index (χ0n) is 20.4. The minimum Gasteiger partial charge on any atom is -0.325 e. The highest BCUT2D eigenvalue weighted by Crippen LogP contribution is 2.30. The van der Waals surface area contributed by atoms with E-state index in [1.165, 1.54) is 58.9 Å². The summed E-state index contributed by atoms with van der Waals surface area (Å²) in [5, 5.41) is 3.03. The predicted molar refractivity (Wildman–Crippen MR) is 150 cm³/mol. The molecule has 0 bridgehead atoms. The van der Waals surface area contributed by atoms with Crippen LogP contribution in [0.3, 0.4) is 0 Å². The number of carbonyl (C=O) groups excluding carboxylic acids is 1. The van der Waals surface area contributed by atoms with Crippen molar-refractivity contribution in [1.82, 2.24) is 4.31 Å². The molecule has 0 saturated carbocycles. The van der Waals surface area contributed by atoms with Crippen molar-refractivity contribution in [1.29, 1.82) is 0 Å². The number of nitrogens with zero attached hydrogens (tertiary/aromatic N) is 2. The van der Waals surface area contributed by atoms with Gasteiger partial charge in [0.25, 0.3) is 10.0 Å². The number of halogens is 2. The maximum absolute atomic E-state index is 13.4. The second kappa shape index (κ2) is 12.0. The van der Waals surface area contributed by atoms with Crippen molar-refractivity contribution in [2.24, 2.45) is 0 Å². The fraction of sp³-hybridized carbons (Fsp3) is 0.269. The third-order valence-electron chi connectivity index (χ3n) is 6.15. The minimum atomic E-state index is -4.13. The molecule has 4 rings (SSSR count). The topological polar surface area (TPSA) is 104 Å². The largest absolute Gasteiger partial charge is 0.325 e. The molecule has 0 aliphatic carbocycles. The summed E-state index contributed by atoms with van der Waals surface area (Å²) in [5.74, 6) is -0.626. The molecule has 3 aromatic carbocycles. The second-order valence-electron chi connectivity index (χ2n) is 8.81. The van der Waals surface area contributed by atoms with Crippen LogP contribution in [0.4, 0.5) is 11.4 Å². The highest BCUT2D eigenvalue weighted by Gasteiger charge is 2.28. The van der Waals surface area contributed by atoms with Crippen molar-refractivity contribution in [3.8, 4) is 0 Å². The molecule has 1 aliphatic rings. The predicted octanol–water partition coefficient (Wildman–Crippen LogP) is 5.39. The van der Waals surface area contributed by atoms with Crippen LogP contribution in [0.2, 0.25) is 10.0 Å². The number of sulfonamides is 2. The number of rotatable bonds is 8. The summed E-state index contributed by atoms with van der Waals surface area (Å²) in [7, 11) is -7.76. The summed E-state index contributed by atoms with van der Waals surface area (Å²) in [4.78, 5) is 13.1. The van der Waals surface area contributed by atoms with Crippen LogP contribution in [0.1, 0.15) is 25.7 Å². The van der Waals surface area contributed by atoms with Gasteiger partial charge >= 0.3 is 0 Å². The van der Waals surface area contributed by atoms with Crippen LogP contribution in [0.25, 0.3) is 0 Å². The van der Waals surface area contributed by atoms with Gasteiger partial charge in [-0.3, -0.25) is 9.10 Å². The molecule has 38 heavy (non-hydrogen) atoms. The van der Waals surface area contributed by atoms with E-state index in [4.69, 9.17) is 23.2 Å². The number of anilines is 2. The first kappa shape index (κ1) is 28.4. The molecular formula is C26H27Cl2N3O5S2. The highest BCUT2D eigenvalue weighted by atomic mass is 35.5. The van der Waals surface area contributed by atoms with Crippen molar-refractivity contribution < 1.29 is 21.6 Å². The molecule has 0 unspecified atom stereocenters. The molecule has 0 radical (unpaired) electrons. The first-order valence-electron chi connectivity index (χ1n) is 12.0. The molecule has 12 heteroatoms. The van der Waals surface area contributed by atoms with Gasteiger partial charge < -0.3 is 5.32 Å². The third-order valence-corrected chi connectivity index (χ3v) is 10.6. The Bertz CT molecular complexity index is 1490. The summed E-state index contributed by atoms with van der Waals surface area (Å²) in [6.07, 6.45) is 3.68. The average molecular weight is 597 g/mol. The first-order chi connectivity index (χ1) is 18.1. The van der Waals surface area contributed by atoms with Gasteiger partial charge in [0, 0.05) is 18.8 Å². The number of nitrogens with one attached hydrogen (secondary N) is 1. The van der Waals surface area contributed by atoms with Crippen molar-refractivity contribution in [2.75, 3.05) is 29.3 Å². The maximum atomic E-state index is 13.4. The van der Waals surface area contributed by atoms with Crippen LogP contribution >= 0.6 is 23.2 Å². The van der Waals surface area contributed by atoms with Crippen molar-refractivity contribution in [3.05, 3.63) is 82.8 Å². The Labute approximate surface area is 233 Å². The zero-order valence-corrected chi connectivity index (χ0v) is 23.5.